The number of nitrogens with zero attached hydrogens (tertiary/aromatic N) is 1. The van der Waals surface area contributed by atoms with Gasteiger partial charge >= 0.3 is 0 Å². The summed E-state index contributed by atoms with van der Waals surface area (Å²) in [6, 6.07) is 8.45. The summed E-state index contributed by atoms with van der Waals surface area (Å²) in [5.41, 5.74) is 8.49. The van der Waals surface area contributed by atoms with E-state index in [9.17, 15) is 0 Å². The van der Waals surface area contributed by atoms with E-state index in [-0.39, 0.29) is 0 Å². The molecule has 0 aliphatic heterocycles. The first kappa shape index (κ1) is 11.5. The topological polar surface area (TPSA) is 29.3 Å². The lowest BCUT2D eigenvalue weighted by atomic mass is 9.95. The average Bonchev–Trinajstić information content (AvgIpc) is 3.08. The number of nitrogen functional groups attached to an aromatic ring is 1. The summed E-state index contributed by atoms with van der Waals surface area (Å²) in [6.45, 7) is 7.97. The molecule has 1 aromatic rings. The summed E-state index contributed by atoms with van der Waals surface area (Å²) < 4.78 is 0. The molecule has 1 saturated carbocycles. The maximum absolute atomic E-state index is 5.73. The van der Waals surface area contributed by atoms with Gasteiger partial charge in [-0.2, -0.15) is 0 Å². The Morgan fingerprint density at radius 1 is 1.12 bits per heavy atom. The highest BCUT2D eigenvalue weighted by molar-refractivity contribution is 5.43. The molecule has 1 aliphatic carbocycles. The summed E-state index contributed by atoms with van der Waals surface area (Å²) in [4.78, 5) is 2.52. The van der Waals surface area contributed by atoms with Crippen LogP contribution in [0.4, 0.5) is 5.69 Å². The Labute approximate surface area is 98.4 Å². The Bertz CT molecular complexity index is 334. The van der Waals surface area contributed by atoms with Crippen LogP contribution < -0.4 is 5.73 Å². The molecule has 0 aromatic heterocycles. The molecule has 2 heteroatoms. The van der Waals surface area contributed by atoms with E-state index in [0.29, 0.717) is 5.41 Å². The summed E-state index contributed by atoms with van der Waals surface area (Å²) >= 11 is 0. The Morgan fingerprint density at radius 2 is 1.69 bits per heavy atom. The van der Waals surface area contributed by atoms with Crippen molar-refractivity contribution in [2.45, 2.75) is 32.1 Å². The van der Waals surface area contributed by atoms with Crippen molar-refractivity contribution in [1.82, 2.24) is 4.90 Å². The molecule has 0 amide bonds. The molecule has 0 radical (unpaired) electrons. The molecule has 1 aliphatic rings. The van der Waals surface area contributed by atoms with Crippen LogP contribution in [-0.2, 0) is 5.41 Å². The second kappa shape index (κ2) is 4.46. The molecule has 1 aromatic carbocycles. The van der Waals surface area contributed by atoms with Crippen molar-refractivity contribution >= 4 is 5.69 Å². The van der Waals surface area contributed by atoms with E-state index in [0.717, 1.165) is 18.8 Å². The molecule has 2 rings (SSSR count). The molecule has 0 saturated heterocycles. The summed E-state index contributed by atoms with van der Waals surface area (Å²) in [5, 5.41) is 0. The van der Waals surface area contributed by atoms with Crippen molar-refractivity contribution in [3.63, 3.8) is 0 Å². The quantitative estimate of drug-likeness (QED) is 0.770. The third kappa shape index (κ3) is 2.22. The van der Waals surface area contributed by atoms with Crippen LogP contribution in [0, 0.1) is 0 Å². The number of hydrogen-bond donors (Lipinski definition) is 1. The summed E-state index contributed by atoms with van der Waals surface area (Å²) in [6.07, 6.45) is 2.65. The van der Waals surface area contributed by atoms with Crippen molar-refractivity contribution in [3.8, 4) is 0 Å². The van der Waals surface area contributed by atoms with Crippen LogP contribution in [0.1, 0.15) is 32.3 Å². The van der Waals surface area contributed by atoms with Crippen molar-refractivity contribution in [2.75, 3.05) is 25.4 Å². The van der Waals surface area contributed by atoms with Crippen LogP contribution in [0.2, 0.25) is 0 Å². The molecule has 0 bridgehead atoms. The number of benzene rings is 1. The van der Waals surface area contributed by atoms with Crippen LogP contribution in [0.3, 0.4) is 0 Å². The molecule has 0 unspecified atom stereocenters. The third-order valence-electron chi connectivity index (χ3n) is 3.80. The number of rotatable bonds is 5. The van der Waals surface area contributed by atoms with E-state index in [4.69, 9.17) is 5.73 Å². The Hall–Kier alpha value is -1.02. The van der Waals surface area contributed by atoms with E-state index in [1.807, 2.05) is 12.1 Å². The standard InChI is InChI=1S/C14H22N2/c1-3-16(4-2)11-14(9-10-14)12-5-7-13(15)8-6-12/h5-8H,3-4,9-11,15H2,1-2H3. The second-order valence-corrected chi connectivity index (χ2v) is 4.86. The minimum atomic E-state index is 0.430. The maximum atomic E-state index is 5.73. The first-order chi connectivity index (χ1) is 7.70. The van der Waals surface area contributed by atoms with Gasteiger partial charge in [0.1, 0.15) is 0 Å². The Balaban J connectivity index is 2.10. The molecular weight excluding hydrogens is 196 g/mol. The van der Waals surface area contributed by atoms with Gasteiger partial charge in [0.25, 0.3) is 0 Å². The molecule has 0 spiro atoms. The number of nitrogens with two attached hydrogens (primary N) is 1. The van der Waals surface area contributed by atoms with Crippen LogP contribution in [0.5, 0.6) is 0 Å². The van der Waals surface area contributed by atoms with Crippen LogP contribution in [0.25, 0.3) is 0 Å². The van der Waals surface area contributed by atoms with Gasteiger partial charge in [-0.15, -0.1) is 0 Å². The molecule has 2 N–H and O–H groups in total. The number of hydrogen-bond acceptors (Lipinski definition) is 2. The van der Waals surface area contributed by atoms with Crippen molar-refractivity contribution in [1.29, 1.82) is 0 Å². The molecule has 1 fully saturated rings. The second-order valence-electron chi connectivity index (χ2n) is 4.86. The van der Waals surface area contributed by atoms with Gasteiger partial charge in [0.05, 0.1) is 0 Å². The van der Waals surface area contributed by atoms with Gasteiger partial charge in [0.2, 0.25) is 0 Å². The van der Waals surface area contributed by atoms with Crippen molar-refractivity contribution in [3.05, 3.63) is 29.8 Å². The number of likely N-dealkylation sites (N-methyl/N-ethyl adjacent to an activating group) is 1. The van der Waals surface area contributed by atoms with Gasteiger partial charge < -0.3 is 10.6 Å². The zero-order valence-corrected chi connectivity index (χ0v) is 10.4. The Kier molecular flexibility index (Phi) is 3.20. The molecule has 0 heterocycles. The maximum Gasteiger partial charge on any atom is 0.0314 e. The van der Waals surface area contributed by atoms with Crippen molar-refractivity contribution in [2.24, 2.45) is 0 Å². The van der Waals surface area contributed by atoms with Crippen molar-refractivity contribution < 1.29 is 0 Å². The predicted molar refractivity (Wildman–Crippen MR) is 69.6 cm³/mol. The van der Waals surface area contributed by atoms with Crippen LogP contribution in [-0.4, -0.2) is 24.5 Å². The van der Waals surface area contributed by atoms with E-state index in [1.165, 1.54) is 24.9 Å². The number of anilines is 1. The average molecular weight is 218 g/mol. The van der Waals surface area contributed by atoms with Crippen LogP contribution in [0.15, 0.2) is 24.3 Å². The zero-order chi connectivity index (χ0) is 11.6. The lowest BCUT2D eigenvalue weighted by molar-refractivity contribution is 0.275. The van der Waals surface area contributed by atoms with E-state index in [1.54, 1.807) is 0 Å². The highest BCUT2D eigenvalue weighted by atomic mass is 15.1. The SMILES string of the molecule is CCN(CC)CC1(c2ccc(N)cc2)CC1. The minimum absolute atomic E-state index is 0.430. The molecule has 0 atom stereocenters. The van der Waals surface area contributed by atoms with E-state index < -0.39 is 0 Å². The largest absolute Gasteiger partial charge is 0.399 e. The van der Waals surface area contributed by atoms with Gasteiger partial charge in [0, 0.05) is 17.6 Å². The fourth-order valence-corrected chi connectivity index (χ4v) is 2.40. The minimum Gasteiger partial charge on any atom is -0.399 e. The molecular formula is C14H22N2. The van der Waals surface area contributed by atoms with E-state index >= 15 is 0 Å². The lowest BCUT2D eigenvalue weighted by Gasteiger charge is -2.25. The highest BCUT2D eigenvalue weighted by Gasteiger charge is 2.44. The van der Waals surface area contributed by atoms with Gasteiger partial charge in [-0.25, -0.2) is 0 Å². The van der Waals surface area contributed by atoms with Crippen LogP contribution >= 0.6 is 0 Å². The van der Waals surface area contributed by atoms with Gasteiger partial charge in [-0.1, -0.05) is 26.0 Å². The molecule has 16 heavy (non-hydrogen) atoms. The first-order valence-electron chi connectivity index (χ1n) is 6.28. The Morgan fingerprint density at radius 3 is 2.12 bits per heavy atom. The fourth-order valence-electron chi connectivity index (χ4n) is 2.40. The first-order valence-corrected chi connectivity index (χ1v) is 6.28. The smallest absolute Gasteiger partial charge is 0.0314 e. The van der Waals surface area contributed by atoms with E-state index in [2.05, 4.69) is 30.9 Å². The monoisotopic (exact) mass is 218 g/mol. The molecule has 88 valence electrons. The summed E-state index contributed by atoms with van der Waals surface area (Å²) in [5.74, 6) is 0. The molecule has 2 nitrogen and oxygen atoms in total. The predicted octanol–water partition coefficient (Wildman–Crippen LogP) is 2.64. The normalized spacial score (nSPS) is 17.7. The van der Waals surface area contributed by atoms with Gasteiger partial charge in [0.15, 0.2) is 0 Å². The summed E-state index contributed by atoms with van der Waals surface area (Å²) in [7, 11) is 0. The fraction of sp³-hybridized carbons (Fsp3) is 0.571. The van der Waals surface area contributed by atoms with Gasteiger partial charge in [-0.3, -0.25) is 0 Å². The zero-order valence-electron chi connectivity index (χ0n) is 10.4. The van der Waals surface area contributed by atoms with Gasteiger partial charge in [-0.05, 0) is 43.6 Å². The highest BCUT2D eigenvalue weighted by Crippen LogP contribution is 2.48. The lowest BCUT2D eigenvalue weighted by Crippen LogP contribution is -2.32. The third-order valence-corrected chi connectivity index (χ3v) is 3.80.